The molecule has 0 unspecified atom stereocenters. The van der Waals surface area contributed by atoms with Gasteiger partial charge in [-0.2, -0.15) is 0 Å². The van der Waals surface area contributed by atoms with Gasteiger partial charge in [0.2, 0.25) is 0 Å². The van der Waals surface area contributed by atoms with Gasteiger partial charge in [0.1, 0.15) is 11.6 Å². The average Bonchev–Trinajstić information content (AvgIpc) is 2.35. The lowest BCUT2D eigenvalue weighted by Crippen LogP contribution is -2.34. The maximum absolute atomic E-state index is 12.9. The highest BCUT2D eigenvalue weighted by Crippen LogP contribution is 2.12. The van der Waals surface area contributed by atoms with E-state index in [9.17, 15) is 8.78 Å². The molecule has 1 fully saturated rings. The molecule has 1 aliphatic rings. The molecule has 2 rings (SSSR count). The molecule has 18 heavy (non-hydrogen) atoms. The van der Waals surface area contributed by atoms with Crippen LogP contribution in [0.2, 0.25) is 0 Å². The molecule has 1 N–H and O–H groups in total. The van der Waals surface area contributed by atoms with E-state index in [0.717, 1.165) is 19.0 Å². The Morgan fingerprint density at radius 1 is 1.17 bits per heavy atom. The van der Waals surface area contributed by atoms with Crippen LogP contribution >= 0.6 is 0 Å². The van der Waals surface area contributed by atoms with Gasteiger partial charge in [-0.15, -0.1) is 0 Å². The van der Waals surface area contributed by atoms with Crippen LogP contribution in [0.15, 0.2) is 18.2 Å². The first kappa shape index (κ1) is 13.4. The van der Waals surface area contributed by atoms with Crippen LogP contribution in [0.25, 0.3) is 0 Å². The number of halogens is 2. The molecule has 0 amide bonds. The Labute approximate surface area is 106 Å². The van der Waals surface area contributed by atoms with Crippen molar-refractivity contribution in [2.75, 3.05) is 13.2 Å². The number of nitrogens with one attached hydrogen (secondary N) is 1. The van der Waals surface area contributed by atoms with Crippen LogP contribution in [0, 0.1) is 11.6 Å². The molecule has 1 aromatic rings. The van der Waals surface area contributed by atoms with Crippen molar-refractivity contribution < 1.29 is 13.5 Å². The molecule has 1 saturated heterocycles. The van der Waals surface area contributed by atoms with Crippen LogP contribution in [0.3, 0.4) is 0 Å². The fourth-order valence-corrected chi connectivity index (χ4v) is 2.28. The van der Waals surface area contributed by atoms with Crippen LogP contribution in [0.4, 0.5) is 8.78 Å². The van der Waals surface area contributed by atoms with E-state index in [1.165, 1.54) is 31.4 Å². The second kappa shape index (κ2) is 6.81. The predicted molar refractivity (Wildman–Crippen MR) is 66.3 cm³/mol. The summed E-state index contributed by atoms with van der Waals surface area (Å²) in [7, 11) is 0. The Morgan fingerprint density at radius 3 is 2.61 bits per heavy atom. The standard InChI is InChI=1S/C14H19F2NO/c15-12-7-11(8-13(16)9-12)10-18-6-4-14-3-1-2-5-17-14/h7-9,14,17H,1-6,10H2/t14-/m0/s1. The van der Waals surface area contributed by atoms with Crippen molar-refractivity contribution in [3.05, 3.63) is 35.4 Å². The lowest BCUT2D eigenvalue weighted by atomic mass is 10.0. The Morgan fingerprint density at radius 2 is 1.94 bits per heavy atom. The quantitative estimate of drug-likeness (QED) is 0.817. The third kappa shape index (κ3) is 4.35. The lowest BCUT2D eigenvalue weighted by molar-refractivity contribution is 0.108. The molecule has 0 spiro atoms. The van der Waals surface area contributed by atoms with Crippen molar-refractivity contribution in [2.45, 2.75) is 38.3 Å². The second-order valence-electron chi connectivity index (χ2n) is 4.77. The third-order valence-electron chi connectivity index (χ3n) is 3.21. The molecular formula is C14H19F2NO. The summed E-state index contributed by atoms with van der Waals surface area (Å²) in [5.74, 6) is -1.11. The minimum Gasteiger partial charge on any atom is -0.377 e. The van der Waals surface area contributed by atoms with E-state index in [-0.39, 0.29) is 6.61 Å². The van der Waals surface area contributed by atoms with Gasteiger partial charge < -0.3 is 10.1 Å². The SMILES string of the molecule is Fc1cc(F)cc(COCC[C@@H]2CCCCN2)c1. The molecule has 4 heteroatoms. The lowest BCUT2D eigenvalue weighted by Gasteiger charge is -2.23. The maximum Gasteiger partial charge on any atom is 0.126 e. The molecule has 0 saturated carbocycles. The third-order valence-corrected chi connectivity index (χ3v) is 3.21. The molecule has 1 aliphatic heterocycles. The van der Waals surface area contributed by atoms with Gasteiger partial charge in [0.25, 0.3) is 0 Å². The summed E-state index contributed by atoms with van der Waals surface area (Å²) in [6, 6.07) is 4.02. The average molecular weight is 255 g/mol. The Hall–Kier alpha value is -1.00. The van der Waals surface area contributed by atoms with Gasteiger partial charge in [-0.25, -0.2) is 8.78 Å². The largest absolute Gasteiger partial charge is 0.377 e. The molecular weight excluding hydrogens is 236 g/mol. The maximum atomic E-state index is 12.9. The van der Waals surface area contributed by atoms with Gasteiger partial charge in [-0.3, -0.25) is 0 Å². The first-order valence-corrected chi connectivity index (χ1v) is 6.50. The summed E-state index contributed by atoms with van der Waals surface area (Å²) in [6.07, 6.45) is 4.67. The van der Waals surface area contributed by atoms with E-state index in [4.69, 9.17) is 4.74 Å². The van der Waals surface area contributed by atoms with Crippen molar-refractivity contribution in [3.63, 3.8) is 0 Å². The van der Waals surface area contributed by atoms with E-state index >= 15 is 0 Å². The molecule has 0 aliphatic carbocycles. The predicted octanol–water partition coefficient (Wildman–Crippen LogP) is 3.01. The van der Waals surface area contributed by atoms with E-state index in [2.05, 4.69) is 5.32 Å². The van der Waals surface area contributed by atoms with E-state index in [1.54, 1.807) is 0 Å². The summed E-state index contributed by atoms with van der Waals surface area (Å²) in [5.41, 5.74) is 0.545. The molecule has 0 radical (unpaired) electrons. The van der Waals surface area contributed by atoms with E-state index in [1.807, 2.05) is 0 Å². The molecule has 0 bridgehead atoms. The fourth-order valence-electron chi connectivity index (χ4n) is 2.28. The van der Waals surface area contributed by atoms with Gasteiger partial charge >= 0.3 is 0 Å². The minimum absolute atomic E-state index is 0.265. The fraction of sp³-hybridized carbons (Fsp3) is 0.571. The van der Waals surface area contributed by atoms with Crippen molar-refractivity contribution in [1.82, 2.24) is 5.32 Å². The Bertz CT molecular complexity index is 358. The number of piperidine rings is 1. The molecule has 1 atom stereocenters. The Balaban J connectivity index is 1.68. The Kier molecular flexibility index (Phi) is 5.08. The highest BCUT2D eigenvalue weighted by atomic mass is 19.1. The van der Waals surface area contributed by atoms with Crippen molar-refractivity contribution in [1.29, 1.82) is 0 Å². The van der Waals surface area contributed by atoms with E-state index < -0.39 is 11.6 Å². The molecule has 2 nitrogen and oxygen atoms in total. The minimum atomic E-state index is -0.553. The molecule has 1 heterocycles. The zero-order valence-electron chi connectivity index (χ0n) is 10.4. The summed E-state index contributed by atoms with van der Waals surface area (Å²) in [6.45, 7) is 1.97. The second-order valence-corrected chi connectivity index (χ2v) is 4.77. The number of hydrogen-bond donors (Lipinski definition) is 1. The normalized spacial score (nSPS) is 20.0. The van der Waals surface area contributed by atoms with Crippen molar-refractivity contribution in [2.24, 2.45) is 0 Å². The van der Waals surface area contributed by atoms with Crippen LogP contribution in [-0.4, -0.2) is 19.2 Å². The van der Waals surface area contributed by atoms with Crippen LogP contribution in [-0.2, 0) is 11.3 Å². The topological polar surface area (TPSA) is 21.3 Å². The smallest absolute Gasteiger partial charge is 0.126 e. The number of rotatable bonds is 5. The summed E-state index contributed by atoms with van der Waals surface area (Å²) >= 11 is 0. The van der Waals surface area contributed by atoms with Gasteiger partial charge in [0, 0.05) is 18.7 Å². The zero-order chi connectivity index (χ0) is 12.8. The van der Waals surface area contributed by atoms with Gasteiger partial charge in [-0.05, 0) is 43.5 Å². The van der Waals surface area contributed by atoms with E-state index in [0.29, 0.717) is 18.2 Å². The number of ether oxygens (including phenoxy) is 1. The van der Waals surface area contributed by atoms with Crippen molar-refractivity contribution >= 4 is 0 Å². The monoisotopic (exact) mass is 255 g/mol. The summed E-state index contributed by atoms with van der Waals surface area (Å²) in [4.78, 5) is 0. The highest BCUT2D eigenvalue weighted by molar-refractivity contribution is 5.16. The van der Waals surface area contributed by atoms with Crippen LogP contribution < -0.4 is 5.32 Å². The molecule has 1 aromatic carbocycles. The first-order chi connectivity index (χ1) is 8.74. The molecule has 0 aromatic heterocycles. The van der Waals surface area contributed by atoms with Crippen LogP contribution in [0.5, 0.6) is 0 Å². The van der Waals surface area contributed by atoms with Gasteiger partial charge in [0.15, 0.2) is 0 Å². The first-order valence-electron chi connectivity index (χ1n) is 6.50. The number of benzene rings is 1. The van der Waals surface area contributed by atoms with Crippen LogP contribution in [0.1, 0.15) is 31.2 Å². The van der Waals surface area contributed by atoms with Gasteiger partial charge in [-0.1, -0.05) is 6.42 Å². The summed E-state index contributed by atoms with van der Waals surface area (Å²) in [5, 5.41) is 3.44. The molecule has 100 valence electrons. The van der Waals surface area contributed by atoms with Crippen molar-refractivity contribution in [3.8, 4) is 0 Å². The highest BCUT2D eigenvalue weighted by Gasteiger charge is 2.11. The number of hydrogen-bond acceptors (Lipinski definition) is 2. The summed E-state index contributed by atoms with van der Waals surface area (Å²) < 4.78 is 31.3. The van der Waals surface area contributed by atoms with Gasteiger partial charge in [0.05, 0.1) is 6.61 Å². The zero-order valence-corrected chi connectivity index (χ0v) is 10.4.